The molecule has 2 aromatic rings. The average Bonchev–Trinajstić information content (AvgIpc) is 2.96. The highest BCUT2D eigenvalue weighted by molar-refractivity contribution is 5.89. The number of hydrogen-bond donors (Lipinski definition) is 0. The van der Waals surface area contributed by atoms with Gasteiger partial charge >= 0.3 is 0 Å². The number of pyridine rings is 1. The minimum absolute atomic E-state index is 0.0707. The second-order valence-electron chi connectivity index (χ2n) is 11.3. The Morgan fingerprint density at radius 2 is 1.05 bits per heavy atom. The molecule has 40 heavy (non-hydrogen) atoms. The van der Waals surface area contributed by atoms with Crippen LogP contribution in [0.25, 0.3) is 10.9 Å². The van der Waals surface area contributed by atoms with Gasteiger partial charge in [-0.3, -0.25) is 4.79 Å². The third-order valence-corrected chi connectivity index (χ3v) is 7.64. The SMILES string of the molecule is CCCCCCCCOc1c(OCCCC)c2ccc(OCCCCCC)cc2n(CCCCCCCC)c1=O. The third-order valence-electron chi connectivity index (χ3n) is 7.64. The highest BCUT2D eigenvalue weighted by Crippen LogP contribution is 2.35. The van der Waals surface area contributed by atoms with Gasteiger partial charge in [-0.1, -0.05) is 118 Å². The number of benzene rings is 1. The fourth-order valence-electron chi connectivity index (χ4n) is 5.10. The molecule has 0 radical (unpaired) electrons. The number of aryl methyl sites for hydroxylation is 1. The topological polar surface area (TPSA) is 49.7 Å². The molecule has 0 aliphatic carbocycles. The van der Waals surface area contributed by atoms with Crippen molar-refractivity contribution in [3.8, 4) is 17.2 Å². The van der Waals surface area contributed by atoms with Gasteiger partial charge in [0.2, 0.25) is 5.75 Å². The standard InChI is InChI=1S/C35H59NO4/c1-5-9-13-16-18-20-25-36-32-29-30(38-27-21-15-11-7-3)23-24-31(32)33(39-26-12-8-4)34(35(36)37)40-28-22-19-17-14-10-6-2/h23-24,29H,5-22,25-28H2,1-4H3. The third kappa shape index (κ3) is 12.1. The fourth-order valence-corrected chi connectivity index (χ4v) is 5.10. The number of ether oxygens (including phenoxy) is 3. The quantitative estimate of drug-likeness (QED) is 0.114. The summed E-state index contributed by atoms with van der Waals surface area (Å²) in [4.78, 5) is 14.0. The Balaban J connectivity index is 2.33. The summed E-state index contributed by atoms with van der Waals surface area (Å²) in [6.45, 7) is 11.4. The zero-order chi connectivity index (χ0) is 28.8. The van der Waals surface area contributed by atoms with E-state index in [0.717, 1.165) is 61.6 Å². The van der Waals surface area contributed by atoms with Gasteiger partial charge in [0, 0.05) is 18.0 Å². The molecule has 0 saturated carbocycles. The maximum atomic E-state index is 14.0. The van der Waals surface area contributed by atoms with Gasteiger partial charge in [0.15, 0.2) is 5.75 Å². The van der Waals surface area contributed by atoms with Crippen molar-refractivity contribution >= 4 is 10.9 Å². The van der Waals surface area contributed by atoms with Crippen molar-refractivity contribution in [3.63, 3.8) is 0 Å². The zero-order valence-electron chi connectivity index (χ0n) is 26.4. The maximum absolute atomic E-state index is 14.0. The highest BCUT2D eigenvalue weighted by atomic mass is 16.5. The molecule has 0 N–H and O–H groups in total. The van der Waals surface area contributed by atoms with Gasteiger partial charge < -0.3 is 18.8 Å². The largest absolute Gasteiger partial charge is 0.494 e. The first-order valence-electron chi connectivity index (χ1n) is 16.8. The lowest BCUT2D eigenvalue weighted by Gasteiger charge is -2.19. The van der Waals surface area contributed by atoms with Crippen LogP contribution in [-0.4, -0.2) is 24.4 Å². The molecule has 1 heterocycles. The van der Waals surface area contributed by atoms with Gasteiger partial charge in [0.1, 0.15) is 5.75 Å². The molecule has 2 rings (SSSR count). The monoisotopic (exact) mass is 557 g/mol. The molecule has 0 bridgehead atoms. The minimum atomic E-state index is -0.0707. The first kappa shape index (κ1) is 34.0. The summed E-state index contributed by atoms with van der Waals surface area (Å²) in [6.07, 6.45) is 20.9. The van der Waals surface area contributed by atoms with Gasteiger partial charge in [-0.2, -0.15) is 0 Å². The van der Waals surface area contributed by atoms with Crippen LogP contribution in [-0.2, 0) is 6.54 Å². The van der Waals surface area contributed by atoms with Gasteiger partial charge in [-0.05, 0) is 37.8 Å². The first-order chi connectivity index (χ1) is 19.7. The van der Waals surface area contributed by atoms with Crippen molar-refractivity contribution in [2.75, 3.05) is 19.8 Å². The smallest absolute Gasteiger partial charge is 0.297 e. The predicted molar refractivity (Wildman–Crippen MR) is 170 cm³/mol. The number of fused-ring (bicyclic) bond motifs is 1. The first-order valence-corrected chi connectivity index (χ1v) is 16.8. The molecule has 0 atom stereocenters. The second kappa shape index (κ2) is 21.6. The lowest BCUT2D eigenvalue weighted by atomic mass is 10.1. The number of hydrogen-bond acceptors (Lipinski definition) is 4. The van der Waals surface area contributed by atoms with E-state index in [1.165, 1.54) is 70.6 Å². The summed E-state index contributed by atoms with van der Waals surface area (Å²) < 4.78 is 20.6. The van der Waals surface area contributed by atoms with Crippen LogP contribution < -0.4 is 19.8 Å². The van der Waals surface area contributed by atoms with E-state index in [0.29, 0.717) is 37.9 Å². The van der Waals surface area contributed by atoms with Crippen LogP contribution in [0.1, 0.15) is 143 Å². The van der Waals surface area contributed by atoms with E-state index in [4.69, 9.17) is 14.2 Å². The van der Waals surface area contributed by atoms with E-state index in [-0.39, 0.29) is 5.56 Å². The molecule has 0 unspecified atom stereocenters. The van der Waals surface area contributed by atoms with Crippen LogP contribution in [0.5, 0.6) is 17.2 Å². The molecule has 0 fully saturated rings. The zero-order valence-corrected chi connectivity index (χ0v) is 26.4. The second-order valence-corrected chi connectivity index (χ2v) is 11.3. The molecule has 0 aliphatic rings. The van der Waals surface area contributed by atoms with Crippen molar-refractivity contribution in [1.82, 2.24) is 4.57 Å². The number of nitrogens with zero attached hydrogens (tertiary/aromatic N) is 1. The van der Waals surface area contributed by atoms with E-state index >= 15 is 0 Å². The van der Waals surface area contributed by atoms with E-state index in [2.05, 4.69) is 33.8 Å². The van der Waals surface area contributed by atoms with Crippen molar-refractivity contribution in [2.24, 2.45) is 0 Å². The van der Waals surface area contributed by atoms with Crippen molar-refractivity contribution in [3.05, 3.63) is 28.6 Å². The Bertz CT molecular complexity index is 983. The van der Waals surface area contributed by atoms with E-state index in [9.17, 15) is 4.79 Å². The average molecular weight is 558 g/mol. The van der Waals surface area contributed by atoms with Crippen LogP contribution in [0, 0.1) is 0 Å². The van der Waals surface area contributed by atoms with Crippen LogP contribution in [0.15, 0.2) is 23.0 Å². The highest BCUT2D eigenvalue weighted by Gasteiger charge is 2.20. The fraction of sp³-hybridized carbons (Fsp3) is 0.743. The van der Waals surface area contributed by atoms with E-state index in [1.54, 1.807) is 0 Å². The molecule has 0 spiro atoms. The van der Waals surface area contributed by atoms with E-state index in [1.807, 2.05) is 16.7 Å². The molecule has 5 heteroatoms. The summed E-state index contributed by atoms with van der Waals surface area (Å²) in [6, 6.07) is 6.12. The van der Waals surface area contributed by atoms with Crippen molar-refractivity contribution < 1.29 is 14.2 Å². The van der Waals surface area contributed by atoms with Crippen LogP contribution in [0.4, 0.5) is 0 Å². The minimum Gasteiger partial charge on any atom is -0.494 e. The Labute approximate surface area is 245 Å². The Morgan fingerprint density at radius 1 is 0.550 bits per heavy atom. The lowest BCUT2D eigenvalue weighted by molar-refractivity contribution is 0.257. The normalized spacial score (nSPS) is 11.3. The lowest BCUT2D eigenvalue weighted by Crippen LogP contribution is -2.24. The summed E-state index contributed by atoms with van der Waals surface area (Å²) in [7, 11) is 0. The molecule has 228 valence electrons. The van der Waals surface area contributed by atoms with Gasteiger partial charge in [-0.15, -0.1) is 0 Å². The molecule has 0 aliphatic heterocycles. The van der Waals surface area contributed by atoms with Crippen molar-refractivity contribution in [2.45, 2.75) is 150 Å². The molecule has 0 amide bonds. The summed E-state index contributed by atoms with van der Waals surface area (Å²) in [5, 5.41) is 0.943. The number of unbranched alkanes of at least 4 members (excludes halogenated alkanes) is 14. The molecule has 1 aromatic heterocycles. The Hall–Kier alpha value is -2.17. The molecular weight excluding hydrogens is 498 g/mol. The molecule has 1 aromatic carbocycles. The Morgan fingerprint density at radius 3 is 1.70 bits per heavy atom. The van der Waals surface area contributed by atoms with Crippen LogP contribution in [0.3, 0.4) is 0 Å². The summed E-state index contributed by atoms with van der Waals surface area (Å²) in [5.41, 5.74) is 0.821. The van der Waals surface area contributed by atoms with E-state index < -0.39 is 0 Å². The number of aromatic nitrogens is 1. The van der Waals surface area contributed by atoms with Gasteiger partial charge in [0.05, 0.1) is 25.3 Å². The van der Waals surface area contributed by atoms with Crippen molar-refractivity contribution in [1.29, 1.82) is 0 Å². The summed E-state index contributed by atoms with van der Waals surface area (Å²) in [5.74, 6) is 1.81. The molecular formula is C35H59NO4. The maximum Gasteiger partial charge on any atom is 0.297 e. The summed E-state index contributed by atoms with van der Waals surface area (Å²) >= 11 is 0. The number of rotatable bonds is 25. The van der Waals surface area contributed by atoms with Gasteiger partial charge in [0.25, 0.3) is 5.56 Å². The Kier molecular flexibility index (Phi) is 18.3. The van der Waals surface area contributed by atoms with Crippen LogP contribution >= 0.6 is 0 Å². The van der Waals surface area contributed by atoms with Crippen LogP contribution in [0.2, 0.25) is 0 Å². The molecule has 5 nitrogen and oxygen atoms in total. The predicted octanol–water partition coefficient (Wildman–Crippen LogP) is 10.2. The van der Waals surface area contributed by atoms with Gasteiger partial charge in [-0.25, -0.2) is 0 Å². The molecule has 0 saturated heterocycles.